The fourth-order valence-electron chi connectivity index (χ4n) is 8.43. The maximum atomic E-state index is 6.44. The zero-order valence-electron chi connectivity index (χ0n) is 31.0. The van der Waals surface area contributed by atoms with Crippen LogP contribution >= 0.6 is 0 Å². The van der Waals surface area contributed by atoms with Crippen LogP contribution in [0.25, 0.3) is 82.8 Å². The number of fused-ring (bicyclic) bond motifs is 6. The van der Waals surface area contributed by atoms with Gasteiger partial charge < -0.3 is 13.9 Å². The monoisotopic (exact) mass is 729 g/mol. The number of para-hydroxylation sites is 3. The second kappa shape index (κ2) is 13.6. The molecule has 0 aliphatic carbocycles. The van der Waals surface area contributed by atoms with E-state index in [1.807, 2.05) is 24.5 Å². The van der Waals surface area contributed by atoms with Gasteiger partial charge in [0.25, 0.3) is 0 Å². The lowest BCUT2D eigenvalue weighted by atomic mass is 10.00. The first-order valence-electron chi connectivity index (χ1n) is 19.3. The molecule has 11 rings (SSSR count). The number of nitrogens with zero attached hydrogens (tertiary/aromatic N) is 3. The van der Waals surface area contributed by atoms with Crippen LogP contribution in [-0.4, -0.2) is 9.55 Å². The number of hydrogen-bond acceptors (Lipinski definition) is 3. The zero-order chi connectivity index (χ0) is 37.7. The number of furan rings is 1. The normalized spacial score (nSPS) is 11.5. The van der Waals surface area contributed by atoms with E-state index in [4.69, 9.17) is 4.42 Å². The van der Waals surface area contributed by atoms with Crippen molar-refractivity contribution in [1.82, 2.24) is 9.55 Å². The minimum Gasteiger partial charge on any atom is -0.455 e. The SMILES string of the molecule is c1ccc(-c2ccc(N(c3ccc(-c4cccc5c4oc4ccccc45)cc3)c3ccc(-n4c5ccccc5c5ccncc54)c(-c4ccccc4)c3)cc2)cc1. The van der Waals surface area contributed by atoms with Crippen molar-refractivity contribution in [3.63, 3.8) is 0 Å². The lowest BCUT2D eigenvalue weighted by Crippen LogP contribution is -2.11. The van der Waals surface area contributed by atoms with Gasteiger partial charge >= 0.3 is 0 Å². The molecule has 57 heavy (non-hydrogen) atoms. The molecule has 268 valence electrons. The number of anilines is 3. The predicted molar refractivity (Wildman–Crippen MR) is 237 cm³/mol. The average molecular weight is 730 g/mol. The first kappa shape index (κ1) is 32.7. The number of benzene rings is 8. The maximum absolute atomic E-state index is 6.44. The van der Waals surface area contributed by atoms with Gasteiger partial charge in [-0.15, -0.1) is 0 Å². The standard InChI is InChI=1S/C53H35N3O/c1-3-12-36(13-4-1)37-22-26-40(27-23-37)55(41-28-24-39(25-29-41)43-18-11-19-47-46-17-8-10-21-52(46)57-53(43)47)42-30-31-50(48(34-42)38-14-5-2-6-15-38)56-49-20-9-7-16-44(49)45-32-33-54-35-51(45)56/h1-35H. The van der Waals surface area contributed by atoms with Crippen LogP contribution in [0.2, 0.25) is 0 Å². The largest absolute Gasteiger partial charge is 0.455 e. The Labute approximate surface area is 330 Å². The summed E-state index contributed by atoms with van der Waals surface area (Å²) in [5.74, 6) is 0. The molecule has 0 amide bonds. The lowest BCUT2D eigenvalue weighted by Gasteiger charge is -2.27. The van der Waals surface area contributed by atoms with E-state index in [9.17, 15) is 0 Å². The van der Waals surface area contributed by atoms with Crippen LogP contribution < -0.4 is 4.90 Å². The molecule has 0 fully saturated rings. The molecule has 11 aromatic rings. The van der Waals surface area contributed by atoms with Gasteiger partial charge in [-0.3, -0.25) is 4.98 Å². The van der Waals surface area contributed by atoms with Gasteiger partial charge in [0.05, 0.1) is 22.9 Å². The van der Waals surface area contributed by atoms with Crippen molar-refractivity contribution in [2.75, 3.05) is 4.90 Å². The Hall–Kier alpha value is -7.69. The third-order valence-corrected chi connectivity index (χ3v) is 11.1. The topological polar surface area (TPSA) is 34.2 Å². The first-order valence-corrected chi connectivity index (χ1v) is 19.3. The van der Waals surface area contributed by atoms with E-state index in [2.05, 4.69) is 203 Å². The molecule has 0 radical (unpaired) electrons. The highest BCUT2D eigenvalue weighted by Gasteiger charge is 2.20. The van der Waals surface area contributed by atoms with Gasteiger partial charge in [-0.1, -0.05) is 140 Å². The number of rotatable bonds is 7. The summed E-state index contributed by atoms with van der Waals surface area (Å²) in [5, 5.41) is 4.64. The van der Waals surface area contributed by atoms with E-state index in [-0.39, 0.29) is 0 Å². The molecule has 3 heterocycles. The van der Waals surface area contributed by atoms with Crippen LogP contribution in [0.15, 0.2) is 217 Å². The third-order valence-electron chi connectivity index (χ3n) is 11.1. The van der Waals surface area contributed by atoms with Crippen LogP contribution in [0, 0.1) is 0 Å². The summed E-state index contributed by atoms with van der Waals surface area (Å²) >= 11 is 0. The Kier molecular flexibility index (Phi) is 7.78. The summed E-state index contributed by atoms with van der Waals surface area (Å²) in [4.78, 5) is 6.92. The molecule has 0 bridgehead atoms. The van der Waals surface area contributed by atoms with Crippen LogP contribution in [-0.2, 0) is 0 Å². The summed E-state index contributed by atoms with van der Waals surface area (Å²) in [5.41, 5.74) is 15.1. The number of pyridine rings is 1. The molecule has 0 aliphatic rings. The van der Waals surface area contributed by atoms with Crippen molar-refractivity contribution in [2.45, 2.75) is 0 Å². The van der Waals surface area contributed by atoms with Crippen molar-refractivity contribution in [3.8, 4) is 39.1 Å². The fraction of sp³-hybridized carbons (Fsp3) is 0. The Balaban J connectivity index is 1.09. The van der Waals surface area contributed by atoms with E-state index in [0.717, 1.165) is 78.0 Å². The molecular weight excluding hydrogens is 695 g/mol. The average Bonchev–Trinajstić information content (AvgIpc) is 3.84. The van der Waals surface area contributed by atoms with E-state index < -0.39 is 0 Å². The Morgan fingerprint density at radius 1 is 0.404 bits per heavy atom. The molecule has 0 saturated heterocycles. The van der Waals surface area contributed by atoms with Gasteiger partial charge in [0.1, 0.15) is 11.2 Å². The maximum Gasteiger partial charge on any atom is 0.143 e. The van der Waals surface area contributed by atoms with Crippen molar-refractivity contribution in [3.05, 3.63) is 213 Å². The van der Waals surface area contributed by atoms with Gasteiger partial charge in [-0.05, 0) is 82.9 Å². The highest BCUT2D eigenvalue weighted by Crippen LogP contribution is 2.43. The summed E-state index contributed by atoms with van der Waals surface area (Å²) in [6.07, 6.45) is 3.86. The molecule has 3 aromatic heterocycles. The molecule has 0 saturated carbocycles. The van der Waals surface area contributed by atoms with Crippen molar-refractivity contribution < 1.29 is 4.42 Å². The molecular formula is C53H35N3O. The quantitative estimate of drug-likeness (QED) is 0.164. The highest BCUT2D eigenvalue weighted by molar-refractivity contribution is 6.10. The first-order chi connectivity index (χ1) is 28.3. The second-order valence-corrected chi connectivity index (χ2v) is 14.4. The van der Waals surface area contributed by atoms with E-state index in [1.165, 1.54) is 21.9 Å². The van der Waals surface area contributed by atoms with Gasteiger partial charge in [-0.2, -0.15) is 0 Å². The molecule has 0 aliphatic heterocycles. The smallest absolute Gasteiger partial charge is 0.143 e. The lowest BCUT2D eigenvalue weighted by molar-refractivity contribution is 0.670. The van der Waals surface area contributed by atoms with Gasteiger partial charge in [0.2, 0.25) is 0 Å². The fourth-order valence-corrected chi connectivity index (χ4v) is 8.43. The Morgan fingerprint density at radius 2 is 0.982 bits per heavy atom. The van der Waals surface area contributed by atoms with Crippen molar-refractivity contribution in [1.29, 1.82) is 0 Å². The molecule has 0 spiro atoms. The van der Waals surface area contributed by atoms with E-state index in [1.54, 1.807) is 0 Å². The zero-order valence-corrected chi connectivity index (χ0v) is 31.0. The second-order valence-electron chi connectivity index (χ2n) is 14.4. The van der Waals surface area contributed by atoms with Gasteiger partial charge in [0, 0.05) is 55.9 Å². The number of hydrogen-bond donors (Lipinski definition) is 0. The van der Waals surface area contributed by atoms with Crippen LogP contribution in [0.5, 0.6) is 0 Å². The number of aromatic nitrogens is 2. The van der Waals surface area contributed by atoms with Crippen molar-refractivity contribution in [2.24, 2.45) is 0 Å². The molecule has 0 atom stereocenters. The van der Waals surface area contributed by atoms with Crippen LogP contribution in [0.3, 0.4) is 0 Å². The van der Waals surface area contributed by atoms with Crippen LogP contribution in [0.1, 0.15) is 0 Å². The van der Waals surface area contributed by atoms with Crippen LogP contribution in [0.4, 0.5) is 17.1 Å². The molecule has 8 aromatic carbocycles. The molecule has 4 heteroatoms. The van der Waals surface area contributed by atoms with Gasteiger partial charge in [-0.25, -0.2) is 0 Å². The Bertz CT molecular complexity index is 3160. The van der Waals surface area contributed by atoms with E-state index in [0.29, 0.717) is 0 Å². The molecule has 4 nitrogen and oxygen atoms in total. The Morgan fingerprint density at radius 3 is 1.75 bits per heavy atom. The van der Waals surface area contributed by atoms with E-state index >= 15 is 0 Å². The predicted octanol–water partition coefficient (Wildman–Crippen LogP) is 14.5. The summed E-state index contributed by atoms with van der Waals surface area (Å²) in [6.45, 7) is 0. The van der Waals surface area contributed by atoms with Gasteiger partial charge in [0.15, 0.2) is 0 Å². The highest BCUT2D eigenvalue weighted by atomic mass is 16.3. The third kappa shape index (κ3) is 5.58. The minimum absolute atomic E-state index is 0.900. The van der Waals surface area contributed by atoms with Crippen molar-refractivity contribution >= 4 is 60.8 Å². The summed E-state index contributed by atoms with van der Waals surface area (Å²) in [7, 11) is 0. The minimum atomic E-state index is 0.900. The summed E-state index contributed by atoms with van der Waals surface area (Å²) < 4.78 is 8.79. The molecule has 0 N–H and O–H groups in total. The molecule has 0 unspecified atom stereocenters. The summed E-state index contributed by atoms with van der Waals surface area (Å²) in [6, 6.07) is 71.2.